The van der Waals surface area contributed by atoms with E-state index in [4.69, 9.17) is 4.74 Å². The van der Waals surface area contributed by atoms with Crippen LogP contribution in [-0.4, -0.2) is 12.4 Å². The zero-order valence-corrected chi connectivity index (χ0v) is 13.6. The van der Waals surface area contributed by atoms with Gasteiger partial charge >= 0.3 is 0 Å². The van der Waals surface area contributed by atoms with Crippen LogP contribution in [0.5, 0.6) is 5.75 Å². The van der Waals surface area contributed by atoms with E-state index in [-0.39, 0.29) is 0 Å². The lowest BCUT2D eigenvalue weighted by Crippen LogP contribution is -2.12. The number of halogens is 1. The average molecular weight is 313 g/mol. The van der Waals surface area contributed by atoms with Crippen LogP contribution in [-0.2, 0) is 6.42 Å². The maximum absolute atomic E-state index is 5.27. The normalized spacial score (nSPS) is 13.4. The summed E-state index contributed by atoms with van der Waals surface area (Å²) in [6.07, 6.45) is 3.66. The highest BCUT2D eigenvalue weighted by Crippen LogP contribution is 2.27. The van der Waals surface area contributed by atoms with E-state index in [2.05, 4.69) is 54.9 Å². The summed E-state index contributed by atoms with van der Waals surface area (Å²) in [7, 11) is 1.72. The molecule has 1 nitrogen and oxygen atoms in total. The molecule has 0 saturated heterocycles. The van der Waals surface area contributed by atoms with Crippen LogP contribution in [0.1, 0.15) is 39.2 Å². The van der Waals surface area contributed by atoms with E-state index in [1.807, 2.05) is 6.07 Å². The van der Waals surface area contributed by atoms with Crippen LogP contribution in [0.2, 0.25) is 0 Å². The van der Waals surface area contributed by atoms with Gasteiger partial charge in [-0.3, -0.25) is 0 Å². The van der Waals surface area contributed by atoms with Crippen molar-refractivity contribution in [3.8, 4) is 5.75 Å². The van der Waals surface area contributed by atoms with Crippen molar-refractivity contribution in [1.82, 2.24) is 0 Å². The first-order valence-electron chi connectivity index (χ1n) is 6.63. The molecule has 1 aromatic carbocycles. The Morgan fingerprint density at radius 1 is 1.28 bits per heavy atom. The summed E-state index contributed by atoms with van der Waals surface area (Å²) in [6, 6.07) is 8.41. The Hall–Kier alpha value is -0.500. The molecule has 0 saturated carbocycles. The van der Waals surface area contributed by atoms with Gasteiger partial charge in [-0.15, -0.1) is 0 Å². The van der Waals surface area contributed by atoms with Gasteiger partial charge < -0.3 is 4.74 Å². The van der Waals surface area contributed by atoms with Gasteiger partial charge in [0.1, 0.15) is 5.75 Å². The number of hydrogen-bond acceptors (Lipinski definition) is 1. The molecule has 1 aromatic rings. The smallest absolute Gasteiger partial charge is 0.119 e. The van der Waals surface area contributed by atoms with Gasteiger partial charge in [0.15, 0.2) is 0 Å². The third-order valence-corrected chi connectivity index (χ3v) is 4.10. The number of methoxy groups -OCH3 is 1. The van der Waals surface area contributed by atoms with Gasteiger partial charge in [0.2, 0.25) is 0 Å². The molecule has 0 aromatic heterocycles. The molecule has 1 rings (SSSR count). The number of hydrogen-bond donors (Lipinski definition) is 0. The molecule has 0 aliphatic carbocycles. The van der Waals surface area contributed by atoms with E-state index in [1.54, 1.807) is 7.11 Å². The van der Waals surface area contributed by atoms with E-state index in [1.165, 1.54) is 18.4 Å². The predicted molar refractivity (Wildman–Crippen MR) is 82.7 cm³/mol. The molecule has 0 spiro atoms. The zero-order chi connectivity index (χ0) is 13.6. The molecule has 0 heterocycles. The highest BCUT2D eigenvalue weighted by atomic mass is 79.9. The van der Waals surface area contributed by atoms with Crippen LogP contribution in [0, 0.1) is 11.3 Å². The summed E-state index contributed by atoms with van der Waals surface area (Å²) in [4.78, 5) is 0. The Balaban J connectivity index is 2.56. The topological polar surface area (TPSA) is 9.23 Å². The Kier molecular flexibility index (Phi) is 6.20. The molecule has 0 aliphatic rings. The summed E-state index contributed by atoms with van der Waals surface area (Å²) < 4.78 is 5.27. The molecule has 0 fully saturated rings. The van der Waals surface area contributed by atoms with Gasteiger partial charge in [0, 0.05) is 5.33 Å². The number of ether oxygens (including phenoxy) is 1. The van der Waals surface area contributed by atoms with Crippen molar-refractivity contribution in [3.05, 3.63) is 29.8 Å². The van der Waals surface area contributed by atoms with Crippen LogP contribution >= 0.6 is 15.9 Å². The zero-order valence-electron chi connectivity index (χ0n) is 12.0. The molecule has 0 radical (unpaired) electrons. The first kappa shape index (κ1) is 15.6. The van der Waals surface area contributed by atoms with Gasteiger partial charge in [-0.2, -0.15) is 0 Å². The fourth-order valence-corrected chi connectivity index (χ4v) is 2.56. The number of benzene rings is 1. The summed E-state index contributed by atoms with van der Waals surface area (Å²) in [5, 5.41) is 1.07. The van der Waals surface area contributed by atoms with E-state index in [9.17, 15) is 0 Å². The first-order chi connectivity index (χ1) is 8.44. The summed E-state index contributed by atoms with van der Waals surface area (Å²) in [5.74, 6) is 1.66. The second-order valence-corrected chi connectivity index (χ2v) is 6.82. The van der Waals surface area contributed by atoms with Crippen molar-refractivity contribution in [3.63, 3.8) is 0 Å². The van der Waals surface area contributed by atoms with E-state index >= 15 is 0 Å². The van der Waals surface area contributed by atoms with Crippen molar-refractivity contribution in [1.29, 1.82) is 0 Å². The van der Waals surface area contributed by atoms with Crippen molar-refractivity contribution < 1.29 is 4.74 Å². The molecule has 0 aliphatic heterocycles. The third-order valence-electron chi connectivity index (χ3n) is 3.18. The predicted octanol–water partition coefficient (Wildman–Crippen LogP) is 5.08. The van der Waals surface area contributed by atoms with Crippen molar-refractivity contribution >= 4 is 15.9 Å². The molecule has 102 valence electrons. The molecule has 2 heteroatoms. The Morgan fingerprint density at radius 3 is 2.56 bits per heavy atom. The second kappa shape index (κ2) is 7.18. The highest BCUT2D eigenvalue weighted by molar-refractivity contribution is 9.09. The van der Waals surface area contributed by atoms with Crippen LogP contribution < -0.4 is 4.74 Å². The average Bonchev–Trinajstić information content (AvgIpc) is 2.33. The monoisotopic (exact) mass is 312 g/mol. The number of alkyl halides is 1. The third kappa shape index (κ3) is 5.90. The van der Waals surface area contributed by atoms with Gasteiger partial charge in [0.05, 0.1) is 7.11 Å². The van der Waals surface area contributed by atoms with Crippen molar-refractivity contribution in [2.24, 2.45) is 11.3 Å². The summed E-state index contributed by atoms with van der Waals surface area (Å²) in [6.45, 7) is 6.93. The maximum atomic E-state index is 5.27. The van der Waals surface area contributed by atoms with E-state index in [0.29, 0.717) is 11.3 Å². The Labute approximate surface area is 120 Å². The molecule has 0 N–H and O–H groups in total. The SMILES string of the molecule is COc1cccc(CC(CBr)CCC(C)(C)C)c1. The van der Waals surface area contributed by atoms with Gasteiger partial charge in [-0.25, -0.2) is 0 Å². The van der Waals surface area contributed by atoms with Gasteiger partial charge in [-0.1, -0.05) is 48.8 Å². The molecular formula is C16H25BrO. The highest BCUT2D eigenvalue weighted by Gasteiger charge is 2.15. The van der Waals surface area contributed by atoms with Crippen molar-refractivity contribution in [2.45, 2.75) is 40.0 Å². The Bertz CT molecular complexity index is 354. The van der Waals surface area contributed by atoms with Crippen LogP contribution in [0.25, 0.3) is 0 Å². The Morgan fingerprint density at radius 2 is 2.00 bits per heavy atom. The van der Waals surface area contributed by atoms with Gasteiger partial charge in [-0.05, 0) is 48.3 Å². The van der Waals surface area contributed by atoms with Crippen molar-refractivity contribution in [2.75, 3.05) is 12.4 Å². The minimum atomic E-state index is 0.425. The first-order valence-corrected chi connectivity index (χ1v) is 7.75. The maximum Gasteiger partial charge on any atom is 0.119 e. The second-order valence-electron chi connectivity index (χ2n) is 6.18. The number of rotatable bonds is 6. The fourth-order valence-electron chi connectivity index (χ4n) is 2.00. The van der Waals surface area contributed by atoms with Crippen LogP contribution in [0.4, 0.5) is 0 Å². The minimum absolute atomic E-state index is 0.425. The molecule has 0 amide bonds. The lowest BCUT2D eigenvalue weighted by atomic mass is 9.85. The molecule has 1 unspecified atom stereocenters. The standard InChI is InChI=1S/C16H25BrO/c1-16(2,3)9-8-14(12-17)10-13-6-5-7-15(11-13)18-4/h5-7,11,14H,8-10,12H2,1-4H3. The molecule has 1 atom stereocenters. The molecule has 0 bridgehead atoms. The minimum Gasteiger partial charge on any atom is -0.497 e. The van der Waals surface area contributed by atoms with Crippen LogP contribution in [0.15, 0.2) is 24.3 Å². The largest absolute Gasteiger partial charge is 0.497 e. The van der Waals surface area contributed by atoms with E-state index in [0.717, 1.165) is 17.5 Å². The van der Waals surface area contributed by atoms with E-state index < -0.39 is 0 Å². The summed E-state index contributed by atoms with van der Waals surface area (Å²) in [5.41, 5.74) is 1.79. The fraction of sp³-hybridized carbons (Fsp3) is 0.625. The lowest BCUT2D eigenvalue weighted by Gasteiger charge is -2.22. The molecule has 18 heavy (non-hydrogen) atoms. The van der Waals surface area contributed by atoms with Crippen LogP contribution in [0.3, 0.4) is 0 Å². The summed E-state index contributed by atoms with van der Waals surface area (Å²) >= 11 is 3.65. The molecular weight excluding hydrogens is 288 g/mol. The lowest BCUT2D eigenvalue weighted by molar-refractivity contribution is 0.332. The van der Waals surface area contributed by atoms with Gasteiger partial charge in [0.25, 0.3) is 0 Å². The quantitative estimate of drug-likeness (QED) is 0.666.